The Balaban J connectivity index is 1.99. The van der Waals surface area contributed by atoms with E-state index in [1.54, 1.807) is 6.92 Å². The van der Waals surface area contributed by atoms with Crippen LogP contribution in [0.2, 0.25) is 0 Å². The molecule has 0 spiro atoms. The zero-order valence-corrected chi connectivity index (χ0v) is 18.9. The minimum Gasteiger partial charge on any atom is -0.354 e. The predicted molar refractivity (Wildman–Crippen MR) is 120 cm³/mol. The molecular weight excluding hydrogens is 403 g/mol. The molecule has 0 aliphatic heterocycles. The molecule has 2 aromatic rings. The van der Waals surface area contributed by atoms with Gasteiger partial charge in [0.1, 0.15) is 11.9 Å². The van der Waals surface area contributed by atoms with Gasteiger partial charge in [0.05, 0.1) is 11.9 Å². The predicted octanol–water partition coefficient (Wildman–Crippen LogP) is 4.24. The highest BCUT2D eigenvalue weighted by atomic mass is 32.2. The van der Waals surface area contributed by atoms with Crippen molar-refractivity contribution in [3.8, 4) is 0 Å². The molecule has 7 heteroatoms. The quantitative estimate of drug-likeness (QED) is 0.569. The van der Waals surface area contributed by atoms with Crippen molar-refractivity contribution >= 4 is 21.6 Å². The fourth-order valence-corrected chi connectivity index (χ4v) is 4.55. The highest BCUT2D eigenvalue weighted by molar-refractivity contribution is 7.92. The lowest BCUT2D eigenvalue weighted by Crippen LogP contribution is -2.49. The molecule has 0 aromatic heterocycles. The van der Waals surface area contributed by atoms with Crippen molar-refractivity contribution in [1.82, 2.24) is 5.32 Å². The Bertz CT molecular complexity index is 926. The Morgan fingerprint density at radius 2 is 1.67 bits per heavy atom. The van der Waals surface area contributed by atoms with E-state index in [1.807, 2.05) is 0 Å². The van der Waals surface area contributed by atoms with Gasteiger partial charge in [-0.2, -0.15) is 0 Å². The van der Waals surface area contributed by atoms with Crippen LogP contribution >= 0.6 is 0 Å². The van der Waals surface area contributed by atoms with Crippen LogP contribution in [0.5, 0.6) is 0 Å². The SMILES string of the molecule is CC[C@H](C(=O)NCCCc1ccc(C(C)C)cc1)N(c1ccc(F)cc1)S(C)(=O)=O. The maximum atomic E-state index is 13.2. The van der Waals surface area contributed by atoms with Gasteiger partial charge in [-0.05, 0) is 60.6 Å². The van der Waals surface area contributed by atoms with Crippen molar-refractivity contribution in [2.75, 3.05) is 17.1 Å². The number of carbonyl (C=O) groups is 1. The third-order valence-electron chi connectivity index (χ3n) is 5.00. The van der Waals surface area contributed by atoms with Crippen molar-refractivity contribution in [1.29, 1.82) is 0 Å². The number of sulfonamides is 1. The van der Waals surface area contributed by atoms with Crippen LogP contribution in [0, 0.1) is 5.82 Å². The number of nitrogens with zero attached hydrogens (tertiary/aromatic N) is 1. The van der Waals surface area contributed by atoms with Crippen molar-refractivity contribution < 1.29 is 17.6 Å². The molecule has 5 nitrogen and oxygen atoms in total. The average Bonchev–Trinajstić information content (AvgIpc) is 2.69. The monoisotopic (exact) mass is 434 g/mol. The van der Waals surface area contributed by atoms with Gasteiger partial charge in [-0.15, -0.1) is 0 Å². The summed E-state index contributed by atoms with van der Waals surface area (Å²) in [7, 11) is -3.72. The molecule has 164 valence electrons. The molecule has 30 heavy (non-hydrogen) atoms. The number of halogens is 1. The number of hydrogen-bond donors (Lipinski definition) is 1. The number of anilines is 1. The Labute approximate surface area is 179 Å². The number of hydrogen-bond acceptors (Lipinski definition) is 3. The zero-order chi connectivity index (χ0) is 22.3. The average molecular weight is 435 g/mol. The van der Waals surface area contributed by atoms with Crippen LogP contribution in [0.3, 0.4) is 0 Å². The molecule has 0 heterocycles. The summed E-state index contributed by atoms with van der Waals surface area (Å²) in [4.78, 5) is 12.7. The van der Waals surface area contributed by atoms with E-state index in [1.165, 1.54) is 35.4 Å². The van der Waals surface area contributed by atoms with Gasteiger partial charge in [-0.1, -0.05) is 45.0 Å². The van der Waals surface area contributed by atoms with Crippen LogP contribution in [-0.4, -0.2) is 33.2 Å². The first-order chi connectivity index (χ1) is 14.1. The molecule has 0 bridgehead atoms. The molecule has 0 aliphatic carbocycles. The molecule has 0 fully saturated rings. The van der Waals surface area contributed by atoms with Gasteiger partial charge in [-0.25, -0.2) is 12.8 Å². The van der Waals surface area contributed by atoms with Crippen molar-refractivity contribution in [3.05, 3.63) is 65.5 Å². The van der Waals surface area contributed by atoms with Crippen LogP contribution in [0.25, 0.3) is 0 Å². The van der Waals surface area contributed by atoms with Gasteiger partial charge in [0.25, 0.3) is 0 Å². The Kier molecular flexibility index (Phi) is 8.41. The van der Waals surface area contributed by atoms with Crippen molar-refractivity contribution in [2.45, 2.75) is 52.0 Å². The summed E-state index contributed by atoms with van der Waals surface area (Å²) in [6, 6.07) is 12.7. The largest absolute Gasteiger partial charge is 0.354 e. The number of benzene rings is 2. The fourth-order valence-electron chi connectivity index (χ4n) is 3.34. The number of amides is 1. The van der Waals surface area contributed by atoms with Crippen LogP contribution in [0.15, 0.2) is 48.5 Å². The summed E-state index contributed by atoms with van der Waals surface area (Å²) in [5.74, 6) is -0.336. The van der Waals surface area contributed by atoms with E-state index in [-0.39, 0.29) is 11.6 Å². The number of aryl methyl sites for hydroxylation is 1. The molecular formula is C23H31FN2O3S. The molecule has 0 saturated carbocycles. The van der Waals surface area contributed by atoms with Gasteiger partial charge in [-0.3, -0.25) is 9.10 Å². The minimum atomic E-state index is -3.72. The van der Waals surface area contributed by atoms with Gasteiger partial charge < -0.3 is 5.32 Å². The third kappa shape index (κ3) is 6.55. The molecule has 2 rings (SSSR count). The lowest BCUT2D eigenvalue weighted by molar-refractivity contribution is -0.122. The van der Waals surface area contributed by atoms with Crippen LogP contribution in [0.4, 0.5) is 10.1 Å². The molecule has 0 aliphatic rings. The summed E-state index contributed by atoms with van der Waals surface area (Å²) < 4.78 is 39.0. The highest BCUT2D eigenvalue weighted by Crippen LogP contribution is 2.23. The zero-order valence-electron chi connectivity index (χ0n) is 18.1. The molecule has 0 saturated heterocycles. The Morgan fingerprint density at radius 3 is 2.17 bits per heavy atom. The van der Waals surface area contributed by atoms with Crippen LogP contribution in [0.1, 0.15) is 50.7 Å². The van der Waals surface area contributed by atoms with Crippen LogP contribution < -0.4 is 9.62 Å². The van der Waals surface area contributed by atoms with E-state index in [4.69, 9.17) is 0 Å². The van der Waals surface area contributed by atoms with Crippen molar-refractivity contribution in [2.24, 2.45) is 0 Å². The topological polar surface area (TPSA) is 66.5 Å². The van der Waals surface area contributed by atoms with Gasteiger partial charge in [0, 0.05) is 6.54 Å². The number of carbonyl (C=O) groups excluding carboxylic acids is 1. The lowest BCUT2D eigenvalue weighted by atomic mass is 10.0. The second kappa shape index (κ2) is 10.6. The molecule has 1 N–H and O–H groups in total. The van der Waals surface area contributed by atoms with E-state index in [0.717, 1.165) is 23.4 Å². The summed E-state index contributed by atoms with van der Waals surface area (Å²) in [6.07, 6.45) is 2.92. The minimum absolute atomic E-state index is 0.270. The van der Waals surface area contributed by atoms with E-state index >= 15 is 0 Å². The molecule has 0 unspecified atom stereocenters. The first kappa shape index (κ1) is 23.9. The van der Waals surface area contributed by atoms with Crippen molar-refractivity contribution in [3.63, 3.8) is 0 Å². The standard InChI is InChI=1S/C23H31FN2O3S/c1-5-22(26(30(4,28)29)21-14-12-20(24)13-15-21)23(27)25-16-6-7-18-8-10-19(11-9-18)17(2)3/h8-15,17,22H,5-7,16H2,1-4H3,(H,25,27)/t22-/m1/s1. The fraction of sp³-hybridized carbons (Fsp3) is 0.435. The number of nitrogens with one attached hydrogen (secondary N) is 1. The van der Waals surface area contributed by atoms with Gasteiger partial charge in [0.2, 0.25) is 15.9 Å². The second-order valence-corrected chi connectivity index (χ2v) is 9.61. The summed E-state index contributed by atoms with van der Waals surface area (Å²) in [5, 5.41) is 2.85. The second-order valence-electron chi connectivity index (χ2n) is 7.75. The first-order valence-corrected chi connectivity index (χ1v) is 12.1. The van der Waals surface area contributed by atoms with E-state index in [9.17, 15) is 17.6 Å². The molecule has 2 aromatic carbocycles. The summed E-state index contributed by atoms with van der Waals surface area (Å²) >= 11 is 0. The lowest BCUT2D eigenvalue weighted by Gasteiger charge is -2.30. The van der Waals surface area contributed by atoms with Gasteiger partial charge in [0.15, 0.2) is 0 Å². The number of rotatable bonds is 10. The maximum absolute atomic E-state index is 13.2. The first-order valence-electron chi connectivity index (χ1n) is 10.2. The highest BCUT2D eigenvalue weighted by Gasteiger charge is 2.31. The molecule has 0 radical (unpaired) electrons. The normalized spacial score (nSPS) is 12.6. The third-order valence-corrected chi connectivity index (χ3v) is 6.18. The van der Waals surface area contributed by atoms with E-state index in [2.05, 4.69) is 43.4 Å². The van der Waals surface area contributed by atoms with E-state index in [0.29, 0.717) is 18.9 Å². The summed E-state index contributed by atoms with van der Waals surface area (Å²) in [6.45, 7) is 6.51. The summed E-state index contributed by atoms with van der Waals surface area (Å²) in [5.41, 5.74) is 2.76. The Hall–Kier alpha value is -2.41. The van der Waals surface area contributed by atoms with Gasteiger partial charge >= 0.3 is 0 Å². The van der Waals surface area contributed by atoms with Crippen LogP contribution in [-0.2, 0) is 21.2 Å². The van der Waals surface area contributed by atoms with E-state index < -0.39 is 21.9 Å². The molecule has 1 amide bonds. The smallest absolute Gasteiger partial charge is 0.243 e. The maximum Gasteiger partial charge on any atom is 0.243 e. The molecule has 1 atom stereocenters. The Morgan fingerprint density at radius 1 is 1.07 bits per heavy atom.